The molecule has 19 heavy (non-hydrogen) atoms. The Hall–Kier alpha value is -2.01. The Balaban J connectivity index is 2.16. The third-order valence-electron chi connectivity index (χ3n) is 2.64. The van der Waals surface area contributed by atoms with Crippen LogP contribution in [0.4, 0.5) is 13.2 Å². The van der Waals surface area contributed by atoms with Gasteiger partial charge in [-0.3, -0.25) is 0 Å². The average Bonchev–Trinajstić information content (AvgIpc) is 2.37. The molecule has 100 valence electrons. The predicted octanol–water partition coefficient (Wildman–Crippen LogP) is 2.96. The summed E-state index contributed by atoms with van der Waals surface area (Å²) in [7, 11) is 0. The van der Waals surface area contributed by atoms with E-state index in [-0.39, 0.29) is 0 Å². The SMILES string of the molecule is NC1(C=Cc2ccccc2)C=CC=C(C(F)(F)F)N1. The first kappa shape index (κ1) is 13.4. The number of halogens is 3. The number of dihydropyridines is 1. The van der Waals surface area contributed by atoms with Gasteiger partial charge in [0.1, 0.15) is 11.4 Å². The lowest BCUT2D eigenvalue weighted by molar-refractivity contribution is -0.0984. The van der Waals surface area contributed by atoms with Gasteiger partial charge in [0.2, 0.25) is 0 Å². The highest BCUT2D eigenvalue weighted by Crippen LogP contribution is 2.27. The number of rotatable bonds is 2. The normalized spacial score (nSPS) is 23.3. The molecular formula is C14H13F3N2. The quantitative estimate of drug-likeness (QED) is 0.863. The second-order valence-electron chi connectivity index (χ2n) is 4.24. The van der Waals surface area contributed by atoms with Crippen LogP contribution in [-0.2, 0) is 0 Å². The highest BCUT2D eigenvalue weighted by molar-refractivity contribution is 5.52. The van der Waals surface area contributed by atoms with E-state index in [2.05, 4.69) is 5.32 Å². The van der Waals surface area contributed by atoms with Crippen LogP contribution in [-0.4, -0.2) is 11.8 Å². The number of nitrogens with two attached hydrogens (primary N) is 1. The van der Waals surface area contributed by atoms with Gasteiger partial charge in [-0.2, -0.15) is 13.2 Å². The van der Waals surface area contributed by atoms with Gasteiger partial charge < -0.3 is 11.1 Å². The van der Waals surface area contributed by atoms with Gasteiger partial charge in [0.05, 0.1) is 0 Å². The predicted molar refractivity (Wildman–Crippen MR) is 68.8 cm³/mol. The van der Waals surface area contributed by atoms with Crippen LogP contribution in [0.15, 0.2) is 60.3 Å². The summed E-state index contributed by atoms with van der Waals surface area (Å²) in [5, 5.41) is 2.28. The summed E-state index contributed by atoms with van der Waals surface area (Å²) in [6.07, 6.45) is 2.47. The highest BCUT2D eigenvalue weighted by atomic mass is 19.4. The molecule has 1 atom stereocenters. The van der Waals surface area contributed by atoms with Gasteiger partial charge >= 0.3 is 6.18 Å². The Bertz CT molecular complexity index is 529. The summed E-state index contributed by atoms with van der Waals surface area (Å²) in [4.78, 5) is 0. The van der Waals surface area contributed by atoms with Gasteiger partial charge in [-0.15, -0.1) is 0 Å². The number of hydrogen-bond donors (Lipinski definition) is 2. The molecule has 0 bridgehead atoms. The molecule has 2 rings (SSSR count). The zero-order valence-corrected chi connectivity index (χ0v) is 9.98. The molecule has 1 aliphatic rings. The molecular weight excluding hydrogens is 253 g/mol. The van der Waals surface area contributed by atoms with Crippen molar-refractivity contribution in [1.82, 2.24) is 5.32 Å². The smallest absolute Gasteiger partial charge is 0.357 e. The fourth-order valence-corrected chi connectivity index (χ4v) is 1.68. The zero-order chi connectivity index (χ0) is 13.9. The Kier molecular flexibility index (Phi) is 3.48. The van der Waals surface area contributed by atoms with Crippen molar-refractivity contribution in [2.45, 2.75) is 11.8 Å². The van der Waals surface area contributed by atoms with E-state index in [1.54, 1.807) is 6.08 Å². The lowest BCUT2D eigenvalue weighted by atomic mass is 10.0. The molecule has 0 saturated carbocycles. The Morgan fingerprint density at radius 2 is 1.84 bits per heavy atom. The van der Waals surface area contributed by atoms with E-state index in [1.807, 2.05) is 30.3 Å². The highest BCUT2D eigenvalue weighted by Gasteiger charge is 2.38. The van der Waals surface area contributed by atoms with Crippen molar-refractivity contribution in [2.24, 2.45) is 5.73 Å². The van der Waals surface area contributed by atoms with Gasteiger partial charge in [0.25, 0.3) is 0 Å². The zero-order valence-electron chi connectivity index (χ0n) is 9.98. The van der Waals surface area contributed by atoms with Crippen LogP contribution in [0, 0.1) is 0 Å². The van der Waals surface area contributed by atoms with Gasteiger partial charge in [0, 0.05) is 0 Å². The largest absolute Gasteiger partial charge is 0.430 e. The molecule has 3 N–H and O–H groups in total. The molecule has 5 heteroatoms. The topological polar surface area (TPSA) is 38.0 Å². The standard InChI is InChI=1S/C14H13F3N2/c15-14(16,17)12-7-4-9-13(18,19-12)10-8-11-5-2-1-3-6-11/h1-10,19H,18H2. The second-order valence-corrected chi connectivity index (χ2v) is 4.24. The van der Waals surface area contributed by atoms with Gasteiger partial charge in [-0.25, -0.2) is 0 Å². The van der Waals surface area contributed by atoms with E-state index in [1.165, 1.54) is 18.2 Å². The number of nitrogens with one attached hydrogen (secondary N) is 1. The molecule has 2 nitrogen and oxygen atoms in total. The molecule has 0 saturated heterocycles. The summed E-state index contributed by atoms with van der Waals surface area (Å²) in [6, 6.07) is 9.22. The van der Waals surface area contributed by atoms with E-state index in [0.717, 1.165) is 11.6 Å². The van der Waals surface area contributed by atoms with E-state index in [9.17, 15) is 13.2 Å². The molecule has 1 heterocycles. The summed E-state index contributed by atoms with van der Waals surface area (Å²) in [5.41, 5.74) is 4.55. The van der Waals surface area contributed by atoms with Crippen molar-refractivity contribution in [3.05, 3.63) is 65.9 Å². The third kappa shape index (κ3) is 3.48. The molecule has 0 spiro atoms. The molecule has 0 aliphatic carbocycles. The van der Waals surface area contributed by atoms with Gasteiger partial charge in [-0.05, 0) is 23.8 Å². The van der Waals surface area contributed by atoms with E-state index >= 15 is 0 Å². The van der Waals surface area contributed by atoms with Crippen molar-refractivity contribution in [2.75, 3.05) is 0 Å². The van der Waals surface area contributed by atoms with Crippen LogP contribution in [0.5, 0.6) is 0 Å². The van der Waals surface area contributed by atoms with Gasteiger partial charge in [0.15, 0.2) is 0 Å². The average molecular weight is 266 g/mol. The minimum atomic E-state index is -4.43. The molecule has 1 aromatic carbocycles. The maximum absolute atomic E-state index is 12.6. The molecule has 0 aromatic heterocycles. The van der Waals surface area contributed by atoms with E-state index in [4.69, 9.17) is 5.73 Å². The van der Waals surface area contributed by atoms with Crippen LogP contribution in [0.2, 0.25) is 0 Å². The third-order valence-corrected chi connectivity index (χ3v) is 2.64. The summed E-state index contributed by atoms with van der Waals surface area (Å²) in [6.45, 7) is 0. The minimum absolute atomic E-state index is 0.852. The number of benzene rings is 1. The number of alkyl halides is 3. The van der Waals surface area contributed by atoms with Crippen LogP contribution in [0.1, 0.15) is 5.56 Å². The molecule has 1 unspecified atom stereocenters. The summed E-state index contributed by atoms with van der Waals surface area (Å²) >= 11 is 0. The fraction of sp³-hybridized carbons (Fsp3) is 0.143. The molecule has 0 radical (unpaired) electrons. The van der Waals surface area contributed by atoms with Crippen molar-refractivity contribution in [3.8, 4) is 0 Å². The first-order chi connectivity index (χ1) is 8.89. The van der Waals surface area contributed by atoms with Crippen LogP contribution < -0.4 is 11.1 Å². The Morgan fingerprint density at radius 1 is 1.16 bits per heavy atom. The first-order valence-corrected chi connectivity index (χ1v) is 5.67. The lowest BCUT2D eigenvalue weighted by Gasteiger charge is -2.30. The maximum Gasteiger partial charge on any atom is 0.430 e. The minimum Gasteiger partial charge on any atom is -0.357 e. The Labute approximate surface area is 109 Å². The van der Waals surface area contributed by atoms with Crippen LogP contribution >= 0.6 is 0 Å². The van der Waals surface area contributed by atoms with E-state index in [0.29, 0.717) is 0 Å². The summed E-state index contributed by atoms with van der Waals surface area (Å²) < 4.78 is 37.8. The first-order valence-electron chi connectivity index (χ1n) is 5.67. The molecule has 1 aromatic rings. The maximum atomic E-state index is 12.6. The van der Waals surface area contributed by atoms with Crippen molar-refractivity contribution in [3.63, 3.8) is 0 Å². The second kappa shape index (κ2) is 4.93. The molecule has 1 aliphatic heterocycles. The lowest BCUT2D eigenvalue weighted by Crippen LogP contribution is -2.53. The van der Waals surface area contributed by atoms with Crippen molar-refractivity contribution >= 4 is 6.08 Å². The molecule has 0 amide bonds. The van der Waals surface area contributed by atoms with Crippen molar-refractivity contribution < 1.29 is 13.2 Å². The van der Waals surface area contributed by atoms with E-state index < -0.39 is 17.5 Å². The summed E-state index contributed by atoms with van der Waals surface area (Å²) in [5.74, 6) is 0. The number of allylic oxidation sites excluding steroid dienone is 3. The fourth-order valence-electron chi connectivity index (χ4n) is 1.68. The Morgan fingerprint density at radius 3 is 2.47 bits per heavy atom. The number of hydrogen-bond acceptors (Lipinski definition) is 2. The van der Waals surface area contributed by atoms with Crippen LogP contribution in [0.3, 0.4) is 0 Å². The van der Waals surface area contributed by atoms with Crippen molar-refractivity contribution in [1.29, 1.82) is 0 Å². The van der Waals surface area contributed by atoms with Gasteiger partial charge in [-0.1, -0.05) is 42.5 Å². The van der Waals surface area contributed by atoms with Crippen LogP contribution in [0.25, 0.3) is 6.08 Å². The monoisotopic (exact) mass is 266 g/mol. The molecule has 0 fully saturated rings.